The summed E-state index contributed by atoms with van der Waals surface area (Å²) in [5, 5.41) is 10.1. The number of rotatable bonds is 8. The minimum Gasteiger partial charge on any atom is -0.508 e. The van der Waals surface area contributed by atoms with E-state index in [1.54, 1.807) is 24.3 Å². The van der Waals surface area contributed by atoms with Crippen LogP contribution in [0.4, 0.5) is 51.2 Å². The summed E-state index contributed by atoms with van der Waals surface area (Å²) in [6.45, 7) is 3.86. The Bertz CT molecular complexity index is 4880. The van der Waals surface area contributed by atoms with Crippen molar-refractivity contribution in [2.24, 2.45) is 0 Å². The topological polar surface area (TPSA) is 137 Å². The molecule has 0 aromatic heterocycles. The van der Waals surface area contributed by atoms with Crippen LogP contribution in [0.5, 0.6) is 11.5 Å². The van der Waals surface area contributed by atoms with Crippen LogP contribution in [0.2, 0.25) is 0 Å². The number of phenols is 1. The number of aromatic hydroxyl groups is 1. The molecule has 4 heterocycles. The lowest BCUT2D eigenvalue weighted by molar-refractivity contribution is -0.135. The van der Waals surface area contributed by atoms with Gasteiger partial charge in [0, 0.05) is 98.5 Å². The molecule has 0 unspecified atom stereocenters. The first-order valence-corrected chi connectivity index (χ1v) is 36.3. The maximum atomic E-state index is 13.5. The molecule has 0 spiro atoms. The molecule has 15 heteroatoms. The van der Waals surface area contributed by atoms with Gasteiger partial charge in [-0.25, -0.2) is 0 Å². The quantitative estimate of drug-likeness (QED) is 0.0646. The smallest absolute Gasteiger partial charge is 0.323 e. The molecular weight excluding hydrogens is 1380 g/mol. The minimum absolute atomic E-state index is 0.0971. The number of anilines is 9. The molecule has 0 fully saturated rings. The Morgan fingerprint density at radius 1 is 0.366 bits per heavy atom. The number of esters is 1. The number of fused-ring (bicyclic) bond motifs is 8. The number of phenolic OH excluding ortho intramolecular Hbond substituents is 1. The fourth-order valence-electron chi connectivity index (χ4n) is 13.8. The zero-order chi connectivity index (χ0) is 70.4. The molecule has 3 N–H and O–H groups in total. The van der Waals surface area contributed by atoms with Gasteiger partial charge in [-0.2, -0.15) is 0 Å². The number of carbonyl (C=O) groups is 4. The van der Waals surface area contributed by atoms with Gasteiger partial charge in [-0.1, -0.05) is 199 Å². The third kappa shape index (κ3) is 14.3. The van der Waals surface area contributed by atoms with Gasteiger partial charge in [-0.05, 0) is 206 Å². The fourth-order valence-corrected chi connectivity index (χ4v) is 17.1. The maximum Gasteiger partial charge on any atom is 0.323 e. The number of nitrogen functional groups attached to an aromatic ring is 1. The van der Waals surface area contributed by atoms with Gasteiger partial charge < -0.3 is 35.2 Å². The molecule has 0 saturated heterocycles. The number of benzene rings is 12. The lowest BCUT2D eigenvalue weighted by Crippen LogP contribution is -2.28. The fraction of sp³-hybridized carbons (Fsp3) is 0.116. The third-order valence-electron chi connectivity index (χ3n) is 18.6. The molecule has 16 rings (SSSR count). The van der Waals surface area contributed by atoms with Gasteiger partial charge in [0.2, 0.25) is 15.3 Å². The molecular formula is C86H72BrN5O6S3. The number of halogens is 1. The van der Waals surface area contributed by atoms with Crippen molar-refractivity contribution < 1.29 is 29.0 Å². The molecule has 0 bridgehead atoms. The highest BCUT2D eigenvalue weighted by molar-refractivity contribution is 9.10. The van der Waals surface area contributed by atoms with Crippen molar-refractivity contribution in [1.29, 1.82) is 0 Å². The minimum atomic E-state index is -0.422. The van der Waals surface area contributed by atoms with E-state index in [0.717, 1.165) is 120 Å². The second-order valence-electron chi connectivity index (χ2n) is 24.8. The maximum absolute atomic E-state index is 13.5. The Balaban J connectivity index is 0.000000120. The lowest BCUT2D eigenvalue weighted by atomic mass is 9.85. The van der Waals surface area contributed by atoms with Crippen LogP contribution < -0.4 is 30.1 Å². The van der Waals surface area contributed by atoms with Gasteiger partial charge in [-0.15, -0.1) is 0 Å². The summed E-state index contributed by atoms with van der Waals surface area (Å²) in [5.41, 5.74) is 25.1. The van der Waals surface area contributed by atoms with Crippen molar-refractivity contribution in [1.82, 2.24) is 0 Å². The molecule has 4 aliphatic rings. The standard InChI is InChI=1S/C23H21NO2S.C21H16BrNOS.C21H18N2OS.C21H17NO2/c1-14-12-16(25)13-15(2)22(14)27-23(26)21-17-8-4-6-10-19(17)24(3)20-11-7-5-9-18(20)21;1-23-17-11-5-2-8-14(17)20(15-9-3-6-12-18(15)23)21(24)25-19-13-7-4-10-16(19)22;1-23-18-8-4-2-6-16(18)20(17-7-3-5-9-19(17)23)21(24)25-15-12-10-14(22)11-13-15;1-22-18-13-7-5-11-16(18)20(17-12-6-8-14-19(17)22)21(23)24-15-9-3-2-4-10-15/h4-13,21,25H,1-3H3;2-13,20H,1H3;2-13,20H,22H2,1H3;2-14,20H,1H3. The molecule has 502 valence electrons. The Kier molecular flexibility index (Phi) is 20.8. The van der Waals surface area contributed by atoms with Crippen molar-refractivity contribution in [2.45, 2.75) is 52.2 Å². The number of thioether (sulfide) groups is 3. The van der Waals surface area contributed by atoms with Gasteiger partial charge >= 0.3 is 5.97 Å². The van der Waals surface area contributed by atoms with E-state index in [-0.39, 0.29) is 44.8 Å². The molecule has 12 aromatic carbocycles. The van der Waals surface area contributed by atoms with Crippen LogP contribution in [-0.4, -0.2) is 54.6 Å². The summed E-state index contributed by atoms with van der Waals surface area (Å²) in [4.78, 5) is 64.3. The number of carbonyl (C=O) groups excluding carboxylic acids is 4. The first kappa shape index (κ1) is 69.0. The average Bonchev–Trinajstić information content (AvgIpc) is 0.773. The van der Waals surface area contributed by atoms with Crippen LogP contribution in [0.25, 0.3) is 0 Å². The first-order chi connectivity index (χ1) is 49.0. The predicted molar refractivity (Wildman–Crippen MR) is 418 cm³/mol. The number of hydrogen-bond donors (Lipinski definition) is 2. The summed E-state index contributed by atoms with van der Waals surface area (Å²) < 4.78 is 6.59. The molecule has 11 nitrogen and oxygen atoms in total. The zero-order valence-corrected chi connectivity index (χ0v) is 60.4. The SMILES string of the molecule is CN1c2ccccc2C(C(=O)Oc2ccccc2)c2ccccc21.CN1c2ccccc2C(C(=O)Sc2ccc(N)cc2)c2ccccc21.CN1c2ccccc2C(C(=O)Sc2ccccc2Br)c2ccccc21.Cc1cc(O)cc(C)c1SC(=O)C1c2ccccc2N(C)c2ccccc21. The van der Waals surface area contributed by atoms with E-state index in [1.165, 1.54) is 35.3 Å². The second-order valence-corrected chi connectivity index (χ2v) is 28.8. The van der Waals surface area contributed by atoms with Gasteiger partial charge in [-0.3, -0.25) is 19.2 Å². The molecule has 12 aromatic rings. The van der Waals surface area contributed by atoms with Gasteiger partial charge in [0.15, 0.2) is 0 Å². The molecule has 101 heavy (non-hydrogen) atoms. The Labute approximate surface area is 610 Å². The number of hydrogen-bond acceptors (Lipinski definition) is 14. The average molecular weight is 1450 g/mol. The monoisotopic (exact) mass is 1450 g/mol. The molecule has 0 saturated carbocycles. The van der Waals surface area contributed by atoms with Crippen molar-refractivity contribution in [3.63, 3.8) is 0 Å². The number of para-hydroxylation sites is 9. The van der Waals surface area contributed by atoms with Crippen LogP contribution in [-0.2, 0) is 19.2 Å². The van der Waals surface area contributed by atoms with Crippen molar-refractivity contribution >= 4 is 124 Å². The lowest BCUT2D eigenvalue weighted by Gasteiger charge is -2.34. The van der Waals surface area contributed by atoms with Crippen LogP contribution in [0.3, 0.4) is 0 Å². The molecule has 0 radical (unpaired) electrons. The number of nitrogens with zero attached hydrogens (tertiary/aromatic N) is 4. The highest BCUT2D eigenvalue weighted by Gasteiger charge is 2.38. The van der Waals surface area contributed by atoms with Crippen LogP contribution in [0.1, 0.15) is 79.3 Å². The molecule has 0 aliphatic carbocycles. The Hall–Kier alpha value is -10.6. The van der Waals surface area contributed by atoms with Crippen molar-refractivity contribution in [2.75, 3.05) is 53.5 Å². The van der Waals surface area contributed by atoms with Gasteiger partial charge in [0.1, 0.15) is 17.4 Å². The van der Waals surface area contributed by atoms with Gasteiger partial charge in [0.25, 0.3) is 0 Å². The van der Waals surface area contributed by atoms with Crippen molar-refractivity contribution in [3.8, 4) is 11.5 Å². The van der Waals surface area contributed by atoms with E-state index in [1.807, 2.05) is 247 Å². The highest BCUT2D eigenvalue weighted by Crippen LogP contribution is 2.52. The summed E-state index contributed by atoms with van der Waals surface area (Å²) in [6, 6.07) is 92.7. The van der Waals surface area contributed by atoms with E-state index < -0.39 is 5.92 Å². The predicted octanol–water partition coefficient (Wildman–Crippen LogP) is 20.8. The molecule has 4 aliphatic heterocycles. The number of aryl methyl sites for hydroxylation is 2. The summed E-state index contributed by atoms with van der Waals surface area (Å²) in [6.07, 6.45) is 0. The third-order valence-corrected chi connectivity index (χ3v) is 22.8. The van der Waals surface area contributed by atoms with Gasteiger partial charge in [0.05, 0.1) is 17.8 Å². The highest BCUT2D eigenvalue weighted by atomic mass is 79.9. The van der Waals surface area contributed by atoms with E-state index in [0.29, 0.717) is 11.4 Å². The Morgan fingerprint density at radius 3 is 1.00 bits per heavy atom. The van der Waals surface area contributed by atoms with E-state index in [4.69, 9.17) is 10.5 Å². The van der Waals surface area contributed by atoms with E-state index >= 15 is 0 Å². The molecule has 0 amide bonds. The number of nitrogens with two attached hydrogens (primary N) is 1. The van der Waals surface area contributed by atoms with Crippen LogP contribution in [0.15, 0.2) is 304 Å². The summed E-state index contributed by atoms with van der Waals surface area (Å²) in [5.74, 6) is -0.728. The van der Waals surface area contributed by atoms with Crippen molar-refractivity contribution in [3.05, 3.63) is 345 Å². The largest absolute Gasteiger partial charge is 0.508 e. The number of ether oxygens (including phenoxy) is 1. The normalized spacial score (nSPS) is 13.2. The summed E-state index contributed by atoms with van der Waals surface area (Å²) >= 11 is 7.39. The van der Waals surface area contributed by atoms with E-state index in [2.05, 4.69) is 91.1 Å². The zero-order valence-electron chi connectivity index (χ0n) is 56.4. The Morgan fingerprint density at radius 2 is 0.653 bits per heavy atom. The first-order valence-electron chi connectivity index (χ1n) is 33.0. The summed E-state index contributed by atoms with van der Waals surface area (Å²) in [7, 11) is 8.17. The van der Waals surface area contributed by atoms with Crippen LogP contribution in [0, 0.1) is 13.8 Å². The second kappa shape index (κ2) is 30.5. The van der Waals surface area contributed by atoms with Crippen LogP contribution >= 0.6 is 51.2 Å². The molecule has 0 atom stereocenters. The van der Waals surface area contributed by atoms with E-state index in [9.17, 15) is 24.3 Å².